The topological polar surface area (TPSA) is 78.5 Å². The highest BCUT2D eigenvalue weighted by molar-refractivity contribution is 6.01. The summed E-state index contributed by atoms with van der Waals surface area (Å²) in [4.78, 5) is 35.0. The Balaban J connectivity index is 2.26. The molecule has 1 rings (SSSR count). The zero-order valence-corrected chi connectivity index (χ0v) is 10.5. The van der Waals surface area contributed by atoms with E-state index in [-0.39, 0.29) is 36.3 Å². The van der Waals surface area contributed by atoms with Gasteiger partial charge in [0.25, 0.3) is 0 Å². The van der Waals surface area contributed by atoms with Gasteiger partial charge in [-0.15, -0.1) is 0 Å². The van der Waals surface area contributed by atoms with Crippen LogP contribution in [0.25, 0.3) is 0 Å². The number of rotatable bonds is 4. The first-order valence-electron chi connectivity index (χ1n) is 5.64. The summed E-state index contributed by atoms with van der Waals surface area (Å²) in [5, 5.41) is 5.11. The minimum Gasteiger partial charge on any atom is -0.354 e. The highest BCUT2D eigenvalue weighted by Gasteiger charge is 2.27. The largest absolute Gasteiger partial charge is 0.354 e. The lowest BCUT2D eigenvalue weighted by molar-refractivity contribution is -0.126. The van der Waals surface area contributed by atoms with Crippen molar-refractivity contribution in [2.24, 2.45) is 5.41 Å². The summed E-state index contributed by atoms with van der Waals surface area (Å²) in [6.45, 7) is 6.50. The lowest BCUT2D eigenvalue weighted by atomic mass is 9.92. The number of hydrogen-bond acceptors (Lipinski definition) is 3. The van der Waals surface area contributed by atoms with Crippen LogP contribution in [0.5, 0.6) is 0 Å². The number of urea groups is 1. The van der Waals surface area contributed by atoms with Gasteiger partial charge in [0.1, 0.15) is 0 Å². The van der Waals surface area contributed by atoms with Crippen molar-refractivity contribution >= 4 is 17.8 Å². The van der Waals surface area contributed by atoms with Gasteiger partial charge in [-0.3, -0.25) is 14.5 Å². The summed E-state index contributed by atoms with van der Waals surface area (Å²) in [5.74, 6) is -0.315. The second kappa shape index (κ2) is 5.16. The standard InChI is InChI=1S/C11H19N3O3/c1-11(2,3)6-8(15)12-4-5-14-9(16)7-13-10(14)17/h4-7H2,1-3H3,(H,12,15)(H,13,17). The van der Waals surface area contributed by atoms with Crippen LogP contribution in [-0.2, 0) is 9.59 Å². The number of nitrogens with one attached hydrogen (secondary N) is 2. The van der Waals surface area contributed by atoms with Crippen molar-refractivity contribution in [3.05, 3.63) is 0 Å². The molecule has 6 nitrogen and oxygen atoms in total. The number of imide groups is 1. The summed E-state index contributed by atoms with van der Waals surface area (Å²) >= 11 is 0. The van der Waals surface area contributed by atoms with Crippen LogP contribution in [0.3, 0.4) is 0 Å². The van der Waals surface area contributed by atoms with Crippen LogP contribution >= 0.6 is 0 Å². The highest BCUT2D eigenvalue weighted by Crippen LogP contribution is 2.17. The summed E-state index contributed by atoms with van der Waals surface area (Å²) in [6.07, 6.45) is 0.424. The fraction of sp³-hybridized carbons (Fsp3) is 0.727. The molecule has 0 spiro atoms. The van der Waals surface area contributed by atoms with Crippen LogP contribution in [0, 0.1) is 5.41 Å². The maximum absolute atomic E-state index is 11.5. The predicted molar refractivity (Wildman–Crippen MR) is 62.2 cm³/mol. The van der Waals surface area contributed by atoms with Crippen LogP contribution in [0.1, 0.15) is 27.2 Å². The Morgan fingerprint density at radius 1 is 1.41 bits per heavy atom. The summed E-state index contributed by atoms with van der Waals surface area (Å²) in [5.41, 5.74) is -0.0646. The second-order valence-electron chi connectivity index (χ2n) is 5.29. The monoisotopic (exact) mass is 241 g/mol. The molecule has 0 bridgehead atoms. The van der Waals surface area contributed by atoms with Crippen molar-refractivity contribution in [2.75, 3.05) is 19.6 Å². The molecule has 2 N–H and O–H groups in total. The van der Waals surface area contributed by atoms with E-state index in [1.807, 2.05) is 20.8 Å². The summed E-state index contributed by atoms with van der Waals surface area (Å²) < 4.78 is 0. The molecule has 0 aromatic carbocycles. The third-order valence-corrected chi connectivity index (χ3v) is 2.29. The first-order valence-corrected chi connectivity index (χ1v) is 5.64. The molecular weight excluding hydrogens is 222 g/mol. The SMILES string of the molecule is CC(C)(C)CC(=O)NCCN1C(=O)CNC1=O. The number of carbonyl (C=O) groups is 3. The lowest BCUT2D eigenvalue weighted by Gasteiger charge is -2.18. The zero-order valence-electron chi connectivity index (χ0n) is 10.5. The minimum atomic E-state index is -0.389. The van der Waals surface area contributed by atoms with Crippen LogP contribution in [0.2, 0.25) is 0 Å². The van der Waals surface area contributed by atoms with Gasteiger partial charge in [0.15, 0.2) is 0 Å². The Morgan fingerprint density at radius 3 is 2.53 bits per heavy atom. The van der Waals surface area contributed by atoms with Gasteiger partial charge in [0.05, 0.1) is 6.54 Å². The van der Waals surface area contributed by atoms with Gasteiger partial charge in [-0.2, -0.15) is 0 Å². The van der Waals surface area contributed by atoms with Gasteiger partial charge < -0.3 is 10.6 Å². The van der Waals surface area contributed by atoms with E-state index in [2.05, 4.69) is 10.6 Å². The Labute approximate surface area is 101 Å². The molecule has 17 heavy (non-hydrogen) atoms. The molecule has 0 saturated carbocycles. The maximum Gasteiger partial charge on any atom is 0.324 e. The normalized spacial score (nSPS) is 16.1. The molecule has 1 aliphatic rings. The minimum absolute atomic E-state index is 0.0504. The fourth-order valence-corrected chi connectivity index (χ4v) is 1.53. The number of amides is 4. The number of nitrogens with zero attached hydrogens (tertiary/aromatic N) is 1. The van der Waals surface area contributed by atoms with Gasteiger partial charge in [0, 0.05) is 19.5 Å². The van der Waals surface area contributed by atoms with E-state index in [1.165, 1.54) is 0 Å². The van der Waals surface area contributed by atoms with Crippen molar-refractivity contribution in [1.29, 1.82) is 0 Å². The molecule has 4 amide bonds. The van der Waals surface area contributed by atoms with Crippen molar-refractivity contribution in [3.8, 4) is 0 Å². The van der Waals surface area contributed by atoms with Crippen LogP contribution in [-0.4, -0.2) is 42.4 Å². The molecule has 1 heterocycles. The smallest absolute Gasteiger partial charge is 0.324 e. The molecule has 96 valence electrons. The van der Waals surface area contributed by atoms with E-state index in [1.54, 1.807) is 0 Å². The average Bonchev–Trinajstić information content (AvgIpc) is 2.46. The summed E-state index contributed by atoms with van der Waals surface area (Å²) in [7, 11) is 0. The molecule has 0 aromatic heterocycles. The Bertz CT molecular complexity index is 317. The molecule has 0 atom stereocenters. The lowest BCUT2D eigenvalue weighted by Crippen LogP contribution is -2.39. The fourth-order valence-electron chi connectivity index (χ4n) is 1.53. The van der Waals surface area contributed by atoms with Gasteiger partial charge in [-0.1, -0.05) is 20.8 Å². The molecule has 1 aliphatic heterocycles. The third kappa shape index (κ3) is 4.42. The quantitative estimate of drug-likeness (QED) is 0.685. The van der Waals surface area contributed by atoms with E-state index in [0.29, 0.717) is 13.0 Å². The zero-order chi connectivity index (χ0) is 13.1. The average molecular weight is 241 g/mol. The Hall–Kier alpha value is -1.59. The van der Waals surface area contributed by atoms with Gasteiger partial charge in [-0.05, 0) is 5.41 Å². The van der Waals surface area contributed by atoms with E-state index in [0.717, 1.165) is 4.90 Å². The van der Waals surface area contributed by atoms with Crippen molar-refractivity contribution in [2.45, 2.75) is 27.2 Å². The number of carbonyl (C=O) groups excluding carboxylic acids is 3. The molecule has 0 aliphatic carbocycles. The Kier molecular flexibility index (Phi) is 4.09. The van der Waals surface area contributed by atoms with Crippen LogP contribution < -0.4 is 10.6 Å². The number of hydrogen-bond donors (Lipinski definition) is 2. The molecular formula is C11H19N3O3. The second-order valence-corrected chi connectivity index (χ2v) is 5.29. The highest BCUT2D eigenvalue weighted by atomic mass is 16.2. The van der Waals surface area contributed by atoms with Crippen molar-refractivity contribution in [1.82, 2.24) is 15.5 Å². The van der Waals surface area contributed by atoms with Crippen molar-refractivity contribution in [3.63, 3.8) is 0 Å². The Morgan fingerprint density at radius 2 is 2.06 bits per heavy atom. The van der Waals surface area contributed by atoms with E-state index in [9.17, 15) is 14.4 Å². The predicted octanol–water partition coefficient (Wildman–Crippen LogP) is 0.0906. The molecule has 0 aromatic rings. The first-order chi connectivity index (χ1) is 7.79. The van der Waals surface area contributed by atoms with Gasteiger partial charge in [0.2, 0.25) is 11.8 Å². The van der Waals surface area contributed by atoms with Gasteiger partial charge >= 0.3 is 6.03 Å². The van der Waals surface area contributed by atoms with E-state index >= 15 is 0 Å². The first kappa shape index (κ1) is 13.5. The molecule has 1 fully saturated rings. The maximum atomic E-state index is 11.5. The van der Waals surface area contributed by atoms with Gasteiger partial charge in [-0.25, -0.2) is 4.79 Å². The third-order valence-electron chi connectivity index (χ3n) is 2.29. The van der Waals surface area contributed by atoms with Crippen LogP contribution in [0.4, 0.5) is 4.79 Å². The molecule has 0 unspecified atom stereocenters. The molecule has 6 heteroatoms. The van der Waals surface area contributed by atoms with Crippen LogP contribution in [0.15, 0.2) is 0 Å². The molecule has 1 saturated heterocycles. The van der Waals surface area contributed by atoms with Crippen molar-refractivity contribution < 1.29 is 14.4 Å². The van der Waals surface area contributed by atoms with E-state index < -0.39 is 0 Å². The summed E-state index contributed by atoms with van der Waals surface area (Å²) in [6, 6.07) is -0.389. The van der Waals surface area contributed by atoms with E-state index in [4.69, 9.17) is 0 Å². The molecule has 0 radical (unpaired) electrons.